The molecule has 6 aromatic rings. The molecule has 9 rings (SSSR count). The lowest BCUT2D eigenvalue weighted by Gasteiger charge is -2.39. The lowest BCUT2D eigenvalue weighted by molar-refractivity contribution is -0.386. The van der Waals surface area contributed by atoms with Crippen molar-refractivity contribution in [3.63, 3.8) is 0 Å². The molecule has 1 aliphatic carbocycles. The summed E-state index contributed by atoms with van der Waals surface area (Å²) in [5, 5.41) is 14.4. The Bertz CT molecular complexity index is 2910. The van der Waals surface area contributed by atoms with E-state index in [1.807, 2.05) is 30.3 Å². The Balaban J connectivity index is 0.953. The molecule has 2 aliphatic heterocycles. The van der Waals surface area contributed by atoms with Gasteiger partial charge < -0.3 is 19.4 Å². The second kappa shape index (κ2) is 17.6. The number of fused-ring (bicyclic) bond motifs is 2. The maximum atomic E-state index is 14.1. The molecule has 3 aliphatic rings. The molecule has 16 heteroatoms. The van der Waals surface area contributed by atoms with E-state index in [2.05, 4.69) is 50.5 Å². The summed E-state index contributed by atoms with van der Waals surface area (Å²) in [6.07, 6.45) is 6.69. The Morgan fingerprint density at radius 1 is 0.984 bits per heavy atom. The van der Waals surface area contributed by atoms with Crippen LogP contribution in [0.5, 0.6) is 17.2 Å². The van der Waals surface area contributed by atoms with Gasteiger partial charge in [-0.3, -0.25) is 19.8 Å². The number of benzene rings is 4. The first-order chi connectivity index (χ1) is 30.7. The summed E-state index contributed by atoms with van der Waals surface area (Å²) in [4.78, 5) is 37.5. The number of sulfonamides is 1. The van der Waals surface area contributed by atoms with E-state index >= 15 is 0 Å². The lowest BCUT2D eigenvalue weighted by atomic mass is 9.72. The molecule has 0 radical (unpaired) electrons. The predicted molar refractivity (Wildman–Crippen MR) is 248 cm³/mol. The molecule has 1 atom stereocenters. The average Bonchev–Trinajstić information content (AvgIpc) is 3.75. The van der Waals surface area contributed by atoms with Crippen LogP contribution in [-0.2, 0) is 16.4 Å². The van der Waals surface area contributed by atoms with E-state index in [0.29, 0.717) is 29.5 Å². The van der Waals surface area contributed by atoms with Gasteiger partial charge in [0, 0.05) is 84.2 Å². The smallest absolute Gasteiger partial charge is 0.277 e. The molecule has 1 saturated heterocycles. The standard InChI is InChI=1S/C48H46Cl2N6O7S/c1-48(2)15-13-33(42(26-48)31-5-9-36(50)10-6-31)28-54-17-19-55(20-18-54)37-11-12-40(45(23-37)63-38-21-32-14-16-51-46(32)52-27-38)47(57)53-64(60,61)39-24-43(56(58)59)41-22-34(29-62-44(41)25-39)30-3-7-35(49)8-4-30/h3-12,14,16,21,23-25,27,34H,13,15,17-20,22,26,28-29H2,1-2H3,(H,51,52)(H,53,57)/t34-/m0/s1. The van der Waals surface area contributed by atoms with Crippen molar-refractivity contribution >= 4 is 67.1 Å². The molecular formula is C48H46Cl2N6O7S. The Labute approximate surface area is 381 Å². The minimum Gasteiger partial charge on any atom is -0.492 e. The summed E-state index contributed by atoms with van der Waals surface area (Å²) in [5.74, 6) is -0.683. The van der Waals surface area contributed by atoms with Gasteiger partial charge in [0.2, 0.25) is 0 Å². The predicted octanol–water partition coefficient (Wildman–Crippen LogP) is 10.2. The van der Waals surface area contributed by atoms with Gasteiger partial charge in [0.15, 0.2) is 0 Å². The van der Waals surface area contributed by atoms with Crippen LogP contribution >= 0.6 is 23.2 Å². The van der Waals surface area contributed by atoms with Gasteiger partial charge in [-0.25, -0.2) is 18.1 Å². The van der Waals surface area contributed by atoms with Gasteiger partial charge in [-0.05, 0) is 96.3 Å². The van der Waals surface area contributed by atoms with E-state index < -0.39 is 31.4 Å². The van der Waals surface area contributed by atoms with Gasteiger partial charge >= 0.3 is 0 Å². The Morgan fingerprint density at radius 3 is 2.45 bits per heavy atom. The number of H-pyrrole nitrogens is 1. The van der Waals surface area contributed by atoms with E-state index in [0.717, 1.165) is 66.6 Å². The number of ether oxygens (including phenoxy) is 2. The van der Waals surface area contributed by atoms with Gasteiger partial charge in [-0.1, -0.05) is 66.9 Å². The fraction of sp³-hybridized carbons (Fsp3) is 0.292. The summed E-state index contributed by atoms with van der Waals surface area (Å²) >= 11 is 12.3. The molecule has 1 fully saturated rings. The van der Waals surface area contributed by atoms with Crippen molar-refractivity contribution in [2.75, 3.05) is 44.2 Å². The number of carbonyl (C=O) groups excluding carboxylic acids is 1. The number of nitro benzene ring substituents is 1. The first-order valence-electron chi connectivity index (χ1n) is 21.1. The molecule has 13 nitrogen and oxygen atoms in total. The minimum atomic E-state index is -4.65. The van der Waals surface area contributed by atoms with Crippen molar-refractivity contribution < 1.29 is 27.6 Å². The molecule has 1 amide bonds. The number of amides is 1. The molecule has 330 valence electrons. The van der Waals surface area contributed by atoms with E-state index in [1.165, 1.54) is 35.0 Å². The van der Waals surface area contributed by atoms with Crippen molar-refractivity contribution in [1.29, 1.82) is 0 Å². The number of allylic oxidation sites excluding steroid dienone is 1. The van der Waals surface area contributed by atoms with Crippen LogP contribution in [0.15, 0.2) is 114 Å². The van der Waals surface area contributed by atoms with Gasteiger partial charge in [0.1, 0.15) is 22.9 Å². The van der Waals surface area contributed by atoms with Crippen LogP contribution in [0.25, 0.3) is 16.6 Å². The SMILES string of the molecule is CC1(C)CCC(CN2CCN(c3ccc(C(=O)NS(=O)(=O)c4cc5c(c([N+](=O)[O-])c4)C[C@H](c4ccc(Cl)cc4)CO5)c(Oc4cnc5[nH]ccc5c4)c3)CC2)=C(c2ccc(Cl)cc2)C1. The van der Waals surface area contributed by atoms with Crippen LogP contribution in [-0.4, -0.2) is 73.4 Å². The van der Waals surface area contributed by atoms with E-state index in [-0.39, 0.29) is 47.0 Å². The Hall–Kier alpha value is -5.93. The van der Waals surface area contributed by atoms with Crippen molar-refractivity contribution in [2.45, 2.75) is 50.3 Å². The molecule has 0 bridgehead atoms. The summed E-state index contributed by atoms with van der Waals surface area (Å²) in [7, 11) is -4.65. The number of nitro groups is 1. The number of nitrogens with one attached hydrogen (secondary N) is 2. The van der Waals surface area contributed by atoms with Crippen molar-refractivity contribution in [2.24, 2.45) is 5.41 Å². The number of hydrogen-bond donors (Lipinski definition) is 2. The van der Waals surface area contributed by atoms with Gasteiger partial charge in [-0.15, -0.1) is 0 Å². The lowest BCUT2D eigenvalue weighted by Crippen LogP contribution is -2.47. The minimum absolute atomic E-state index is 0.0588. The number of hydrogen-bond acceptors (Lipinski definition) is 10. The van der Waals surface area contributed by atoms with Crippen LogP contribution in [0.2, 0.25) is 10.0 Å². The summed E-state index contributed by atoms with van der Waals surface area (Å²) < 4.78 is 42.2. The van der Waals surface area contributed by atoms with Crippen molar-refractivity contribution in [3.05, 3.63) is 151 Å². The molecular weight excluding hydrogens is 876 g/mol. The zero-order valence-electron chi connectivity index (χ0n) is 35.3. The third-order valence-corrected chi connectivity index (χ3v) is 14.3. The summed E-state index contributed by atoms with van der Waals surface area (Å²) in [6, 6.07) is 26.1. The normalized spacial score (nSPS) is 17.8. The third kappa shape index (κ3) is 9.32. The summed E-state index contributed by atoms with van der Waals surface area (Å²) in [5.41, 5.74) is 6.42. The molecule has 0 spiro atoms. The van der Waals surface area contributed by atoms with E-state index in [9.17, 15) is 23.3 Å². The highest BCUT2D eigenvalue weighted by atomic mass is 35.5. The quantitative estimate of drug-likeness (QED) is 0.0946. The van der Waals surface area contributed by atoms with Gasteiger partial charge in [0.25, 0.3) is 21.6 Å². The largest absolute Gasteiger partial charge is 0.492 e. The molecule has 0 unspecified atom stereocenters. The highest BCUT2D eigenvalue weighted by molar-refractivity contribution is 7.90. The number of rotatable bonds is 11. The number of aromatic amines is 1. The third-order valence-electron chi connectivity index (χ3n) is 12.5. The van der Waals surface area contributed by atoms with Crippen LogP contribution in [0.4, 0.5) is 11.4 Å². The topological polar surface area (TPSA) is 160 Å². The second-order valence-electron chi connectivity index (χ2n) is 17.4. The monoisotopic (exact) mass is 920 g/mol. The van der Waals surface area contributed by atoms with Crippen molar-refractivity contribution in [3.8, 4) is 17.2 Å². The fourth-order valence-electron chi connectivity index (χ4n) is 8.92. The molecule has 64 heavy (non-hydrogen) atoms. The van der Waals surface area contributed by atoms with Crippen LogP contribution < -0.4 is 19.1 Å². The molecule has 0 saturated carbocycles. The van der Waals surface area contributed by atoms with Gasteiger partial charge in [-0.2, -0.15) is 0 Å². The Kier molecular flexibility index (Phi) is 11.9. The number of halogens is 2. The van der Waals surface area contributed by atoms with Crippen LogP contribution in [0.1, 0.15) is 66.1 Å². The molecule has 4 aromatic carbocycles. The molecule has 2 aromatic heterocycles. The number of carbonyl (C=O) groups is 1. The number of piperazine rings is 1. The van der Waals surface area contributed by atoms with Crippen molar-refractivity contribution in [1.82, 2.24) is 19.6 Å². The number of anilines is 1. The second-order valence-corrected chi connectivity index (χ2v) is 20.0. The highest BCUT2D eigenvalue weighted by Crippen LogP contribution is 2.44. The van der Waals surface area contributed by atoms with Crippen LogP contribution in [0.3, 0.4) is 0 Å². The number of nitrogens with zero attached hydrogens (tertiary/aromatic N) is 4. The van der Waals surface area contributed by atoms with Crippen LogP contribution in [0, 0.1) is 15.5 Å². The average molecular weight is 922 g/mol. The van der Waals surface area contributed by atoms with E-state index in [1.54, 1.807) is 36.5 Å². The first kappa shape index (κ1) is 43.3. The summed E-state index contributed by atoms with van der Waals surface area (Å²) in [6.45, 7) is 8.74. The van der Waals surface area contributed by atoms with E-state index in [4.69, 9.17) is 32.7 Å². The highest BCUT2D eigenvalue weighted by Gasteiger charge is 2.34. The number of pyridine rings is 1. The Morgan fingerprint density at radius 2 is 1.72 bits per heavy atom. The fourth-order valence-corrected chi connectivity index (χ4v) is 10.2. The number of aromatic nitrogens is 2. The zero-order valence-corrected chi connectivity index (χ0v) is 37.6. The zero-order chi connectivity index (χ0) is 44.8. The molecule has 4 heterocycles. The first-order valence-corrected chi connectivity index (χ1v) is 23.4. The maximum absolute atomic E-state index is 14.1. The van der Waals surface area contributed by atoms with Gasteiger partial charge in [0.05, 0.1) is 33.7 Å². The molecule has 2 N–H and O–H groups in total. The maximum Gasteiger partial charge on any atom is 0.277 e.